The van der Waals surface area contributed by atoms with Crippen LogP contribution in [0.2, 0.25) is 5.15 Å². The molecule has 84 valence electrons. The van der Waals surface area contributed by atoms with Crippen LogP contribution in [0.15, 0.2) is 0 Å². The maximum Gasteiger partial charge on any atom is 0.235 e. The van der Waals surface area contributed by atoms with Crippen molar-refractivity contribution in [2.24, 2.45) is 0 Å². The maximum absolute atomic E-state index is 10.9. The summed E-state index contributed by atoms with van der Waals surface area (Å²) in [5.41, 5.74) is 0. The van der Waals surface area contributed by atoms with Crippen LogP contribution in [0.5, 0.6) is 0 Å². The van der Waals surface area contributed by atoms with Gasteiger partial charge in [-0.05, 0) is 0 Å². The van der Waals surface area contributed by atoms with Crippen molar-refractivity contribution in [1.29, 1.82) is 0 Å². The zero-order chi connectivity index (χ0) is 11.4. The molecule has 0 aliphatic carbocycles. The van der Waals surface area contributed by atoms with Crippen molar-refractivity contribution in [2.45, 2.75) is 6.54 Å². The maximum atomic E-state index is 10.9. The van der Waals surface area contributed by atoms with E-state index in [1.807, 2.05) is 19.0 Å². The number of nitrogens with zero attached hydrogens (tertiary/aromatic N) is 2. The summed E-state index contributed by atoms with van der Waals surface area (Å²) in [6, 6.07) is 0. The standard InChI is InChI=1S/C8H11Cl2N3OS/c1-13(2)8-12-7(10)5(15-8)4-11-6(14)3-9/h3-4H2,1-2H3,(H,11,14). The van der Waals surface area contributed by atoms with Crippen molar-refractivity contribution in [3.8, 4) is 0 Å². The molecule has 0 aliphatic rings. The fourth-order valence-corrected chi connectivity index (χ4v) is 2.07. The second kappa shape index (κ2) is 5.53. The number of thiazole rings is 1. The van der Waals surface area contributed by atoms with Crippen LogP contribution >= 0.6 is 34.5 Å². The van der Waals surface area contributed by atoms with Crippen molar-refractivity contribution in [1.82, 2.24) is 10.3 Å². The van der Waals surface area contributed by atoms with Crippen molar-refractivity contribution in [3.63, 3.8) is 0 Å². The predicted octanol–water partition coefficient (Wildman–Crippen LogP) is 1.72. The SMILES string of the molecule is CN(C)c1nc(Cl)c(CNC(=O)CCl)s1. The van der Waals surface area contributed by atoms with Gasteiger partial charge in [0.15, 0.2) is 5.13 Å². The summed E-state index contributed by atoms with van der Waals surface area (Å²) < 4.78 is 0. The number of nitrogens with one attached hydrogen (secondary N) is 1. The molecule has 0 unspecified atom stereocenters. The first-order valence-corrected chi connectivity index (χ1v) is 5.92. The molecule has 0 aliphatic heterocycles. The minimum absolute atomic E-state index is 0.0447. The molecule has 0 aromatic carbocycles. The van der Waals surface area contributed by atoms with Crippen molar-refractivity contribution in [2.75, 3.05) is 24.9 Å². The molecule has 15 heavy (non-hydrogen) atoms. The van der Waals surface area contributed by atoms with E-state index in [9.17, 15) is 4.79 Å². The van der Waals surface area contributed by atoms with E-state index >= 15 is 0 Å². The van der Waals surface area contributed by atoms with E-state index in [4.69, 9.17) is 23.2 Å². The summed E-state index contributed by atoms with van der Waals surface area (Å²) in [6.07, 6.45) is 0. The molecule has 1 aromatic heterocycles. The quantitative estimate of drug-likeness (QED) is 0.846. The van der Waals surface area contributed by atoms with Gasteiger partial charge >= 0.3 is 0 Å². The molecule has 7 heteroatoms. The van der Waals surface area contributed by atoms with Crippen LogP contribution in [0.3, 0.4) is 0 Å². The topological polar surface area (TPSA) is 45.2 Å². The Bertz CT molecular complexity index is 354. The first-order chi connectivity index (χ1) is 7.04. The molecule has 1 rings (SSSR count). The second-order valence-corrected chi connectivity index (χ2v) is 4.70. The molecule has 0 fully saturated rings. The summed E-state index contributed by atoms with van der Waals surface area (Å²) in [5, 5.41) is 3.88. The van der Waals surface area contributed by atoms with E-state index in [0.29, 0.717) is 11.7 Å². The lowest BCUT2D eigenvalue weighted by atomic mass is 10.5. The lowest BCUT2D eigenvalue weighted by molar-refractivity contribution is -0.118. The summed E-state index contributed by atoms with van der Waals surface area (Å²) in [6.45, 7) is 0.371. The van der Waals surface area contributed by atoms with Gasteiger partial charge in [0.1, 0.15) is 11.0 Å². The molecular formula is C8H11Cl2N3OS. The van der Waals surface area contributed by atoms with Gasteiger partial charge in [-0.25, -0.2) is 4.98 Å². The minimum atomic E-state index is -0.215. The molecule has 1 N–H and O–H groups in total. The number of hydrogen-bond donors (Lipinski definition) is 1. The van der Waals surface area contributed by atoms with Gasteiger partial charge in [0.25, 0.3) is 0 Å². The normalized spacial score (nSPS) is 10.1. The van der Waals surface area contributed by atoms with Gasteiger partial charge in [-0.1, -0.05) is 22.9 Å². The highest BCUT2D eigenvalue weighted by atomic mass is 35.5. The number of carbonyl (C=O) groups is 1. The Morgan fingerprint density at radius 3 is 2.73 bits per heavy atom. The Morgan fingerprint density at radius 2 is 2.27 bits per heavy atom. The Hall–Kier alpha value is -0.520. The first-order valence-electron chi connectivity index (χ1n) is 4.19. The summed E-state index contributed by atoms with van der Waals surface area (Å²) in [7, 11) is 3.77. The van der Waals surface area contributed by atoms with Crippen LogP contribution in [0.25, 0.3) is 0 Å². The molecule has 0 radical (unpaired) electrons. The van der Waals surface area contributed by atoms with Gasteiger partial charge < -0.3 is 10.2 Å². The van der Waals surface area contributed by atoms with E-state index < -0.39 is 0 Å². The molecule has 1 heterocycles. The van der Waals surface area contributed by atoms with Crippen molar-refractivity contribution < 1.29 is 4.79 Å². The number of halogens is 2. The predicted molar refractivity (Wildman–Crippen MR) is 64.0 cm³/mol. The van der Waals surface area contributed by atoms with Gasteiger partial charge in [-0.2, -0.15) is 0 Å². The molecule has 0 saturated heterocycles. The summed E-state index contributed by atoms with van der Waals surface area (Å²) in [5.74, 6) is -0.260. The molecule has 0 bridgehead atoms. The molecule has 0 saturated carbocycles. The number of alkyl halides is 1. The summed E-state index contributed by atoms with van der Waals surface area (Å²) >= 11 is 12.7. The highest BCUT2D eigenvalue weighted by Crippen LogP contribution is 2.28. The first kappa shape index (κ1) is 12.5. The van der Waals surface area contributed by atoms with E-state index in [1.165, 1.54) is 11.3 Å². The lowest BCUT2D eigenvalue weighted by Gasteiger charge is -2.05. The third kappa shape index (κ3) is 3.52. The van der Waals surface area contributed by atoms with E-state index in [1.54, 1.807) is 0 Å². The van der Waals surface area contributed by atoms with Gasteiger partial charge in [0.05, 0.1) is 11.4 Å². The van der Waals surface area contributed by atoms with Gasteiger partial charge in [0, 0.05) is 14.1 Å². The van der Waals surface area contributed by atoms with Crippen LogP contribution in [0, 0.1) is 0 Å². The molecule has 0 spiro atoms. The van der Waals surface area contributed by atoms with E-state index in [-0.39, 0.29) is 11.8 Å². The fraction of sp³-hybridized carbons (Fsp3) is 0.500. The smallest absolute Gasteiger partial charge is 0.235 e. The van der Waals surface area contributed by atoms with Crippen LogP contribution in [-0.4, -0.2) is 30.9 Å². The number of hydrogen-bond acceptors (Lipinski definition) is 4. The van der Waals surface area contributed by atoms with Crippen LogP contribution < -0.4 is 10.2 Å². The average molecular weight is 268 g/mol. The largest absolute Gasteiger partial charge is 0.354 e. The zero-order valence-electron chi connectivity index (χ0n) is 8.38. The zero-order valence-corrected chi connectivity index (χ0v) is 10.7. The number of aromatic nitrogens is 1. The minimum Gasteiger partial charge on any atom is -0.354 e. The third-order valence-corrected chi connectivity index (χ3v) is 3.48. The van der Waals surface area contributed by atoms with Crippen molar-refractivity contribution >= 4 is 45.6 Å². The fourth-order valence-electron chi connectivity index (χ4n) is 0.848. The van der Waals surface area contributed by atoms with E-state index in [0.717, 1.165) is 10.0 Å². The van der Waals surface area contributed by atoms with Crippen LogP contribution in [0.4, 0.5) is 5.13 Å². The third-order valence-electron chi connectivity index (χ3n) is 1.59. The van der Waals surface area contributed by atoms with Gasteiger partial charge in [-0.15, -0.1) is 11.6 Å². The highest BCUT2D eigenvalue weighted by molar-refractivity contribution is 7.16. The Labute approximate surface area is 102 Å². The Morgan fingerprint density at radius 1 is 1.60 bits per heavy atom. The molecule has 4 nitrogen and oxygen atoms in total. The molecule has 1 amide bonds. The Kier molecular flexibility index (Phi) is 4.63. The Balaban J connectivity index is 2.65. The van der Waals surface area contributed by atoms with Gasteiger partial charge in [0.2, 0.25) is 5.91 Å². The van der Waals surface area contributed by atoms with E-state index in [2.05, 4.69) is 10.3 Å². The number of rotatable bonds is 4. The highest BCUT2D eigenvalue weighted by Gasteiger charge is 2.11. The van der Waals surface area contributed by atoms with Crippen molar-refractivity contribution in [3.05, 3.63) is 10.0 Å². The van der Waals surface area contributed by atoms with Crippen LogP contribution in [0.1, 0.15) is 4.88 Å². The number of carbonyl (C=O) groups excluding carboxylic acids is 1. The number of amides is 1. The second-order valence-electron chi connectivity index (χ2n) is 3.02. The van der Waals surface area contributed by atoms with Crippen LogP contribution in [-0.2, 0) is 11.3 Å². The number of anilines is 1. The monoisotopic (exact) mass is 267 g/mol. The average Bonchev–Trinajstić information content (AvgIpc) is 2.56. The molecule has 1 aromatic rings. The van der Waals surface area contributed by atoms with Gasteiger partial charge in [-0.3, -0.25) is 4.79 Å². The summed E-state index contributed by atoms with van der Waals surface area (Å²) in [4.78, 5) is 17.8. The lowest BCUT2D eigenvalue weighted by Crippen LogP contribution is -2.23. The molecule has 0 atom stereocenters. The molecular weight excluding hydrogens is 257 g/mol.